The Hall–Kier alpha value is -2.63. The number of nitrogens with one attached hydrogen (secondary N) is 2. The highest BCUT2D eigenvalue weighted by Gasteiger charge is 2.35. The maximum atomic E-state index is 12.5. The van der Waals surface area contributed by atoms with Crippen molar-refractivity contribution in [1.29, 1.82) is 0 Å². The van der Waals surface area contributed by atoms with Gasteiger partial charge in [0.05, 0.1) is 12.7 Å². The van der Waals surface area contributed by atoms with Crippen molar-refractivity contribution in [2.24, 2.45) is 5.41 Å². The highest BCUT2D eigenvalue weighted by atomic mass is 16.5. The molecule has 6 heteroatoms. The number of esters is 1. The Morgan fingerprint density at radius 3 is 2.37 bits per heavy atom. The van der Waals surface area contributed by atoms with Gasteiger partial charge in [0.2, 0.25) is 11.8 Å². The average Bonchev–Trinajstić information content (AvgIpc) is 2.68. The Balaban J connectivity index is 1.88. The molecule has 0 saturated carbocycles. The molecule has 1 aromatic rings. The minimum Gasteiger partial charge on any atom is -0.465 e. The molecule has 0 aromatic heterocycles. The van der Waals surface area contributed by atoms with Crippen LogP contribution >= 0.6 is 0 Å². The van der Waals surface area contributed by atoms with Crippen molar-refractivity contribution in [1.82, 2.24) is 5.32 Å². The molecule has 0 spiro atoms. The third-order valence-electron chi connectivity index (χ3n) is 4.82. The summed E-state index contributed by atoms with van der Waals surface area (Å²) >= 11 is 0. The average molecular weight is 372 g/mol. The molecule has 0 bridgehead atoms. The Kier molecular flexibility index (Phi) is 7.16. The van der Waals surface area contributed by atoms with E-state index >= 15 is 0 Å². The summed E-state index contributed by atoms with van der Waals surface area (Å²) in [5.74, 6) is -1.15. The normalized spacial score (nSPS) is 14.1. The predicted molar refractivity (Wildman–Crippen MR) is 104 cm³/mol. The Labute approximate surface area is 160 Å². The lowest BCUT2D eigenvalue weighted by Gasteiger charge is -2.23. The van der Waals surface area contributed by atoms with Crippen LogP contribution in [0.4, 0.5) is 5.69 Å². The topological polar surface area (TPSA) is 84.5 Å². The molecule has 27 heavy (non-hydrogen) atoms. The van der Waals surface area contributed by atoms with Gasteiger partial charge in [-0.05, 0) is 70.2 Å². The van der Waals surface area contributed by atoms with E-state index < -0.39 is 17.3 Å². The van der Waals surface area contributed by atoms with E-state index in [1.807, 2.05) is 0 Å². The second-order valence-corrected chi connectivity index (χ2v) is 7.26. The fraction of sp³-hybridized carbons (Fsp3) is 0.476. The van der Waals surface area contributed by atoms with E-state index in [-0.39, 0.29) is 5.91 Å². The van der Waals surface area contributed by atoms with Gasteiger partial charge in [-0.3, -0.25) is 9.59 Å². The lowest BCUT2D eigenvalue weighted by Crippen LogP contribution is -2.45. The van der Waals surface area contributed by atoms with Gasteiger partial charge in [0.1, 0.15) is 5.41 Å². The number of benzene rings is 1. The number of rotatable bonds is 7. The largest absolute Gasteiger partial charge is 0.465 e. The molecule has 0 atom stereocenters. The van der Waals surface area contributed by atoms with Gasteiger partial charge < -0.3 is 15.4 Å². The standard InChI is InChI=1S/C21H28N2O4/c1-21(2,19(25)22-14-13-15-7-5-4-6-8-15)20(26)23-17-11-9-16(10-12-17)18(24)27-3/h7,9-12H,4-6,8,13-14H2,1-3H3,(H,22,25)(H,23,26). The first kappa shape index (κ1) is 20.7. The van der Waals surface area contributed by atoms with Gasteiger partial charge in [0.25, 0.3) is 0 Å². The van der Waals surface area contributed by atoms with Crippen molar-refractivity contribution in [2.75, 3.05) is 19.0 Å². The molecule has 0 saturated heterocycles. The molecule has 0 fully saturated rings. The second kappa shape index (κ2) is 9.35. The Morgan fingerprint density at radius 2 is 1.78 bits per heavy atom. The molecule has 1 aromatic carbocycles. The number of hydrogen-bond acceptors (Lipinski definition) is 4. The molecule has 2 rings (SSSR count). The van der Waals surface area contributed by atoms with Crippen molar-refractivity contribution in [3.05, 3.63) is 41.5 Å². The number of ether oxygens (including phenoxy) is 1. The number of allylic oxidation sites excluding steroid dienone is 1. The molecule has 1 aliphatic carbocycles. The maximum Gasteiger partial charge on any atom is 0.337 e. The SMILES string of the molecule is COC(=O)c1ccc(NC(=O)C(C)(C)C(=O)NCCC2=CCCCC2)cc1. The van der Waals surface area contributed by atoms with E-state index in [0.717, 1.165) is 19.3 Å². The third kappa shape index (κ3) is 5.67. The molecular formula is C21H28N2O4. The summed E-state index contributed by atoms with van der Waals surface area (Å²) < 4.78 is 4.64. The lowest BCUT2D eigenvalue weighted by molar-refractivity contribution is -0.138. The first-order chi connectivity index (χ1) is 12.8. The van der Waals surface area contributed by atoms with Crippen molar-refractivity contribution >= 4 is 23.5 Å². The van der Waals surface area contributed by atoms with Gasteiger partial charge in [-0.2, -0.15) is 0 Å². The smallest absolute Gasteiger partial charge is 0.337 e. The Bertz CT molecular complexity index is 720. The van der Waals surface area contributed by atoms with Crippen molar-refractivity contribution in [3.8, 4) is 0 Å². The fourth-order valence-electron chi connectivity index (χ4n) is 2.89. The zero-order valence-corrected chi connectivity index (χ0v) is 16.3. The highest BCUT2D eigenvalue weighted by Crippen LogP contribution is 2.21. The zero-order chi connectivity index (χ0) is 19.9. The molecule has 0 heterocycles. The van der Waals surface area contributed by atoms with Crippen LogP contribution in [0.15, 0.2) is 35.9 Å². The van der Waals surface area contributed by atoms with E-state index in [1.54, 1.807) is 38.1 Å². The van der Waals surface area contributed by atoms with Gasteiger partial charge in [-0.1, -0.05) is 11.6 Å². The molecule has 2 amide bonds. The molecule has 1 aliphatic rings. The number of hydrogen-bond donors (Lipinski definition) is 2. The fourth-order valence-corrected chi connectivity index (χ4v) is 2.89. The first-order valence-corrected chi connectivity index (χ1v) is 9.30. The van der Waals surface area contributed by atoms with Gasteiger partial charge in [0, 0.05) is 12.2 Å². The van der Waals surface area contributed by atoms with Crippen LogP contribution in [-0.2, 0) is 14.3 Å². The molecular weight excluding hydrogens is 344 g/mol. The van der Waals surface area contributed by atoms with E-state index in [1.165, 1.54) is 25.5 Å². The van der Waals surface area contributed by atoms with Crippen molar-refractivity contribution < 1.29 is 19.1 Å². The van der Waals surface area contributed by atoms with E-state index in [2.05, 4.69) is 21.4 Å². The quantitative estimate of drug-likeness (QED) is 0.436. The van der Waals surface area contributed by atoms with Crippen LogP contribution in [0.2, 0.25) is 0 Å². The molecule has 0 aliphatic heterocycles. The predicted octanol–water partition coefficient (Wildman–Crippen LogP) is 3.44. The highest BCUT2D eigenvalue weighted by molar-refractivity contribution is 6.09. The minimum atomic E-state index is -1.21. The van der Waals surface area contributed by atoms with Gasteiger partial charge in [-0.15, -0.1) is 0 Å². The lowest BCUT2D eigenvalue weighted by atomic mass is 9.90. The van der Waals surface area contributed by atoms with Crippen molar-refractivity contribution in [2.45, 2.75) is 46.0 Å². The molecule has 6 nitrogen and oxygen atoms in total. The first-order valence-electron chi connectivity index (χ1n) is 9.30. The zero-order valence-electron chi connectivity index (χ0n) is 16.3. The summed E-state index contributed by atoms with van der Waals surface area (Å²) in [5, 5.41) is 5.59. The van der Waals surface area contributed by atoms with Gasteiger partial charge >= 0.3 is 5.97 Å². The van der Waals surface area contributed by atoms with Crippen LogP contribution in [0.5, 0.6) is 0 Å². The van der Waals surface area contributed by atoms with Crippen molar-refractivity contribution in [3.63, 3.8) is 0 Å². The number of methoxy groups -OCH3 is 1. The minimum absolute atomic E-state index is 0.303. The van der Waals surface area contributed by atoms with E-state index in [4.69, 9.17) is 0 Å². The number of carbonyl (C=O) groups is 3. The summed E-state index contributed by atoms with van der Waals surface area (Å²) in [4.78, 5) is 36.5. The van der Waals surface area contributed by atoms with Crippen LogP contribution in [0.25, 0.3) is 0 Å². The van der Waals surface area contributed by atoms with E-state index in [0.29, 0.717) is 17.8 Å². The van der Waals surface area contributed by atoms with Crippen LogP contribution in [0.1, 0.15) is 56.3 Å². The molecule has 0 radical (unpaired) electrons. The third-order valence-corrected chi connectivity index (χ3v) is 4.82. The van der Waals surface area contributed by atoms with Gasteiger partial charge in [-0.25, -0.2) is 4.79 Å². The van der Waals surface area contributed by atoms with Crippen LogP contribution < -0.4 is 10.6 Å². The maximum absolute atomic E-state index is 12.5. The monoisotopic (exact) mass is 372 g/mol. The number of amides is 2. The van der Waals surface area contributed by atoms with E-state index in [9.17, 15) is 14.4 Å². The number of anilines is 1. The molecule has 2 N–H and O–H groups in total. The van der Waals surface area contributed by atoms with Gasteiger partial charge in [0.15, 0.2) is 0 Å². The molecule has 146 valence electrons. The van der Waals surface area contributed by atoms with Crippen LogP contribution in [-0.4, -0.2) is 31.4 Å². The summed E-state index contributed by atoms with van der Waals surface area (Å²) in [7, 11) is 1.31. The molecule has 0 unspecified atom stereocenters. The summed E-state index contributed by atoms with van der Waals surface area (Å²) in [6.07, 6.45) is 7.75. The second-order valence-electron chi connectivity index (χ2n) is 7.26. The summed E-state index contributed by atoms with van der Waals surface area (Å²) in [5.41, 5.74) is 1.09. The van der Waals surface area contributed by atoms with Crippen LogP contribution in [0, 0.1) is 5.41 Å². The summed E-state index contributed by atoms with van der Waals surface area (Å²) in [6, 6.07) is 6.33. The Morgan fingerprint density at radius 1 is 1.07 bits per heavy atom. The van der Waals surface area contributed by atoms with Crippen LogP contribution in [0.3, 0.4) is 0 Å². The number of carbonyl (C=O) groups excluding carboxylic acids is 3. The summed E-state index contributed by atoms with van der Waals surface area (Å²) in [6.45, 7) is 3.73.